The summed E-state index contributed by atoms with van der Waals surface area (Å²) in [5, 5.41) is 17.8. The summed E-state index contributed by atoms with van der Waals surface area (Å²) in [5.74, 6) is -2.23. The topological polar surface area (TPSA) is 66.8 Å². The second-order valence-electron chi connectivity index (χ2n) is 2.25. The fraction of sp³-hybridized carbons (Fsp3) is 0.800. The molecule has 0 aromatic carbocycles. The predicted molar refractivity (Wildman–Crippen MR) is 27.3 cm³/mol. The van der Waals surface area contributed by atoms with E-state index in [2.05, 4.69) is 4.74 Å². The molecule has 52 valence electrons. The number of carbonyl (C=O) groups is 1. The van der Waals surface area contributed by atoms with Gasteiger partial charge in [0, 0.05) is 6.92 Å². The van der Waals surface area contributed by atoms with E-state index in [0.29, 0.717) is 0 Å². The Hall–Kier alpha value is -0.610. The first kappa shape index (κ1) is 6.51. The summed E-state index contributed by atoms with van der Waals surface area (Å²) in [7, 11) is 0. The molecule has 4 heteroatoms. The molecule has 0 amide bonds. The molecule has 0 bridgehead atoms. The molecule has 0 spiro atoms. The van der Waals surface area contributed by atoms with Crippen LogP contribution in [0.2, 0.25) is 0 Å². The smallest absolute Gasteiger partial charge is 0.311 e. The molecule has 1 aliphatic rings. The molecule has 2 N–H and O–H groups in total. The Kier molecular flexibility index (Phi) is 1.22. The minimum Gasteiger partial charge on any atom is -0.431 e. The zero-order chi connectivity index (χ0) is 7.07. The van der Waals surface area contributed by atoms with Gasteiger partial charge in [0.15, 0.2) is 0 Å². The van der Waals surface area contributed by atoms with Crippen molar-refractivity contribution < 1.29 is 19.7 Å². The van der Waals surface area contributed by atoms with Crippen LogP contribution in [0.4, 0.5) is 0 Å². The standard InChI is InChI=1S/C5H8O4/c1-5(8)3(6)2-4(7)9-5/h3,6,8H,2H2,1H3. The average Bonchev–Trinajstić information content (AvgIpc) is 1.79. The molecule has 4 nitrogen and oxygen atoms in total. The highest BCUT2D eigenvalue weighted by Gasteiger charge is 2.42. The number of hydrogen-bond acceptors (Lipinski definition) is 4. The number of aliphatic hydroxyl groups is 2. The van der Waals surface area contributed by atoms with Gasteiger partial charge in [-0.1, -0.05) is 0 Å². The summed E-state index contributed by atoms with van der Waals surface area (Å²) in [5.41, 5.74) is 0. The van der Waals surface area contributed by atoms with Gasteiger partial charge in [-0.15, -0.1) is 0 Å². The summed E-state index contributed by atoms with van der Waals surface area (Å²) < 4.78 is 4.33. The zero-order valence-electron chi connectivity index (χ0n) is 5.00. The van der Waals surface area contributed by atoms with E-state index in [1.165, 1.54) is 6.92 Å². The second-order valence-corrected chi connectivity index (χ2v) is 2.25. The van der Waals surface area contributed by atoms with Crippen LogP contribution >= 0.6 is 0 Å². The van der Waals surface area contributed by atoms with Crippen molar-refractivity contribution >= 4 is 5.97 Å². The maximum atomic E-state index is 10.3. The first-order chi connectivity index (χ1) is 4.02. The lowest BCUT2D eigenvalue weighted by atomic mass is 10.2. The van der Waals surface area contributed by atoms with E-state index in [9.17, 15) is 4.79 Å². The molecule has 0 aliphatic carbocycles. The molecule has 0 saturated carbocycles. The van der Waals surface area contributed by atoms with Crippen molar-refractivity contribution in [2.24, 2.45) is 0 Å². The minimum atomic E-state index is -1.67. The molecular weight excluding hydrogens is 124 g/mol. The largest absolute Gasteiger partial charge is 0.431 e. The lowest BCUT2D eigenvalue weighted by Gasteiger charge is -2.17. The van der Waals surface area contributed by atoms with Crippen LogP contribution in [-0.2, 0) is 9.53 Å². The molecule has 0 radical (unpaired) electrons. The van der Waals surface area contributed by atoms with E-state index in [1.807, 2.05) is 0 Å². The van der Waals surface area contributed by atoms with Crippen molar-refractivity contribution in [3.05, 3.63) is 0 Å². The zero-order valence-corrected chi connectivity index (χ0v) is 5.00. The fourth-order valence-corrected chi connectivity index (χ4v) is 0.687. The average molecular weight is 132 g/mol. The second kappa shape index (κ2) is 1.68. The van der Waals surface area contributed by atoms with E-state index in [4.69, 9.17) is 10.2 Å². The number of rotatable bonds is 0. The van der Waals surface area contributed by atoms with Crippen LogP contribution in [0, 0.1) is 0 Å². The van der Waals surface area contributed by atoms with Gasteiger partial charge in [-0.2, -0.15) is 0 Å². The van der Waals surface area contributed by atoms with Crippen LogP contribution in [0.1, 0.15) is 13.3 Å². The number of cyclic esters (lactones) is 1. The van der Waals surface area contributed by atoms with Gasteiger partial charge in [-0.3, -0.25) is 4.79 Å². The summed E-state index contributed by atoms with van der Waals surface area (Å²) in [6.07, 6.45) is -1.20. The molecule has 1 rings (SSSR count). The number of aliphatic hydroxyl groups excluding tert-OH is 1. The highest BCUT2D eigenvalue weighted by atomic mass is 16.7. The maximum absolute atomic E-state index is 10.3. The Morgan fingerprint density at radius 3 is 2.56 bits per heavy atom. The summed E-state index contributed by atoms with van der Waals surface area (Å²) in [6, 6.07) is 0. The van der Waals surface area contributed by atoms with Gasteiger partial charge >= 0.3 is 5.97 Å². The van der Waals surface area contributed by atoms with Crippen LogP contribution in [0.5, 0.6) is 0 Å². The molecule has 1 fully saturated rings. The molecular formula is C5H8O4. The van der Waals surface area contributed by atoms with Crippen molar-refractivity contribution in [3.8, 4) is 0 Å². The third-order valence-electron chi connectivity index (χ3n) is 1.30. The molecule has 1 heterocycles. The Labute approximate surface area is 52.1 Å². The van der Waals surface area contributed by atoms with Crippen molar-refractivity contribution in [3.63, 3.8) is 0 Å². The third-order valence-corrected chi connectivity index (χ3v) is 1.30. The van der Waals surface area contributed by atoms with E-state index < -0.39 is 17.9 Å². The number of esters is 1. The lowest BCUT2D eigenvalue weighted by molar-refractivity contribution is -0.203. The molecule has 2 atom stereocenters. The molecule has 0 aromatic heterocycles. The van der Waals surface area contributed by atoms with Gasteiger partial charge in [-0.25, -0.2) is 0 Å². The van der Waals surface area contributed by atoms with E-state index >= 15 is 0 Å². The van der Waals surface area contributed by atoms with E-state index in [-0.39, 0.29) is 6.42 Å². The van der Waals surface area contributed by atoms with Crippen molar-refractivity contribution in [2.75, 3.05) is 0 Å². The molecule has 2 unspecified atom stereocenters. The van der Waals surface area contributed by atoms with Crippen molar-refractivity contribution in [1.29, 1.82) is 0 Å². The summed E-state index contributed by atoms with van der Waals surface area (Å²) in [6.45, 7) is 1.25. The summed E-state index contributed by atoms with van der Waals surface area (Å²) in [4.78, 5) is 10.3. The van der Waals surface area contributed by atoms with Crippen LogP contribution in [0.25, 0.3) is 0 Å². The normalized spacial score (nSPS) is 43.0. The van der Waals surface area contributed by atoms with Crippen molar-refractivity contribution in [2.45, 2.75) is 25.2 Å². The monoisotopic (exact) mass is 132 g/mol. The Morgan fingerprint density at radius 2 is 2.44 bits per heavy atom. The highest BCUT2D eigenvalue weighted by molar-refractivity contribution is 5.72. The van der Waals surface area contributed by atoms with Crippen molar-refractivity contribution in [1.82, 2.24) is 0 Å². The molecule has 9 heavy (non-hydrogen) atoms. The number of ether oxygens (including phenoxy) is 1. The Balaban J connectivity index is 2.69. The highest BCUT2D eigenvalue weighted by Crippen LogP contribution is 2.22. The SMILES string of the molecule is CC1(O)OC(=O)CC1O. The van der Waals surface area contributed by atoms with Crippen LogP contribution in [-0.4, -0.2) is 28.1 Å². The predicted octanol–water partition coefficient (Wildman–Crippen LogP) is -0.997. The minimum absolute atomic E-state index is 0.118. The summed E-state index contributed by atoms with van der Waals surface area (Å²) >= 11 is 0. The van der Waals surface area contributed by atoms with Gasteiger partial charge in [0.25, 0.3) is 0 Å². The maximum Gasteiger partial charge on any atom is 0.311 e. The van der Waals surface area contributed by atoms with Gasteiger partial charge in [0.05, 0.1) is 6.42 Å². The van der Waals surface area contributed by atoms with Gasteiger partial charge in [-0.05, 0) is 0 Å². The Bertz CT molecular complexity index is 140. The molecule has 1 saturated heterocycles. The molecule has 1 aliphatic heterocycles. The van der Waals surface area contributed by atoms with Gasteiger partial charge in [0.1, 0.15) is 6.10 Å². The number of carbonyl (C=O) groups excluding carboxylic acids is 1. The van der Waals surface area contributed by atoms with E-state index in [0.717, 1.165) is 0 Å². The number of hydrogen-bond donors (Lipinski definition) is 2. The van der Waals surface area contributed by atoms with Crippen LogP contribution in [0.3, 0.4) is 0 Å². The lowest BCUT2D eigenvalue weighted by Crippen LogP contribution is -2.34. The first-order valence-corrected chi connectivity index (χ1v) is 2.64. The van der Waals surface area contributed by atoms with Gasteiger partial charge < -0.3 is 14.9 Å². The van der Waals surface area contributed by atoms with Crippen LogP contribution < -0.4 is 0 Å². The fourth-order valence-electron chi connectivity index (χ4n) is 0.687. The van der Waals surface area contributed by atoms with Crippen LogP contribution in [0.15, 0.2) is 0 Å². The Morgan fingerprint density at radius 1 is 1.89 bits per heavy atom. The third kappa shape index (κ3) is 1.04. The first-order valence-electron chi connectivity index (χ1n) is 2.64. The quantitative estimate of drug-likeness (QED) is 0.415. The van der Waals surface area contributed by atoms with E-state index in [1.54, 1.807) is 0 Å². The van der Waals surface area contributed by atoms with Gasteiger partial charge in [0.2, 0.25) is 5.79 Å². The molecule has 0 aromatic rings.